The standard InChI is InChI=1S/C19H34N6O.HI/c1-4-26-14-16-10-11-25(13-16)19(21-17-8-6-5-7-9-17)20-12-18-23-22-15(2)24(18)3;/h16-17H,4-14H2,1-3H3,(H,20,21);1H. The maximum absolute atomic E-state index is 5.63. The van der Waals surface area contributed by atoms with Crippen molar-refractivity contribution >= 4 is 29.9 Å². The van der Waals surface area contributed by atoms with E-state index >= 15 is 0 Å². The molecule has 7 nitrogen and oxygen atoms in total. The molecule has 1 saturated heterocycles. The number of aromatic nitrogens is 3. The van der Waals surface area contributed by atoms with E-state index in [0.29, 0.717) is 18.5 Å². The van der Waals surface area contributed by atoms with E-state index < -0.39 is 0 Å². The van der Waals surface area contributed by atoms with Gasteiger partial charge in [0.2, 0.25) is 0 Å². The first-order valence-electron chi connectivity index (χ1n) is 10.2. The fourth-order valence-electron chi connectivity index (χ4n) is 3.85. The van der Waals surface area contributed by atoms with Crippen LogP contribution in [0.3, 0.4) is 0 Å². The van der Waals surface area contributed by atoms with Crippen molar-refractivity contribution in [3.63, 3.8) is 0 Å². The summed E-state index contributed by atoms with van der Waals surface area (Å²) in [6.45, 7) is 8.33. The molecule has 0 radical (unpaired) electrons. The Morgan fingerprint density at radius 2 is 2.00 bits per heavy atom. The molecule has 0 aromatic carbocycles. The molecular formula is C19H35IN6O. The van der Waals surface area contributed by atoms with Crippen LogP contribution >= 0.6 is 24.0 Å². The maximum atomic E-state index is 5.63. The third-order valence-corrected chi connectivity index (χ3v) is 5.63. The molecule has 1 aromatic rings. The van der Waals surface area contributed by atoms with Crippen LogP contribution in [0.2, 0.25) is 0 Å². The lowest BCUT2D eigenvalue weighted by molar-refractivity contribution is 0.114. The van der Waals surface area contributed by atoms with Gasteiger partial charge in [-0.15, -0.1) is 34.2 Å². The van der Waals surface area contributed by atoms with E-state index in [-0.39, 0.29) is 24.0 Å². The second kappa shape index (κ2) is 11.2. The Morgan fingerprint density at radius 3 is 2.67 bits per heavy atom. The molecule has 1 atom stereocenters. The van der Waals surface area contributed by atoms with Crippen LogP contribution in [0.1, 0.15) is 57.1 Å². The molecule has 27 heavy (non-hydrogen) atoms. The van der Waals surface area contributed by atoms with Gasteiger partial charge in [-0.05, 0) is 33.1 Å². The van der Waals surface area contributed by atoms with Crippen LogP contribution in [0, 0.1) is 12.8 Å². The molecule has 1 saturated carbocycles. The molecule has 3 rings (SSSR count). The summed E-state index contributed by atoms with van der Waals surface area (Å²) in [5.41, 5.74) is 0. The first-order valence-corrected chi connectivity index (χ1v) is 10.2. The summed E-state index contributed by atoms with van der Waals surface area (Å²) >= 11 is 0. The average molecular weight is 490 g/mol. The molecule has 8 heteroatoms. The zero-order valence-corrected chi connectivity index (χ0v) is 19.3. The number of hydrogen-bond acceptors (Lipinski definition) is 4. The summed E-state index contributed by atoms with van der Waals surface area (Å²) in [7, 11) is 2.00. The van der Waals surface area contributed by atoms with Gasteiger partial charge in [0.1, 0.15) is 12.4 Å². The molecule has 1 aromatic heterocycles. The van der Waals surface area contributed by atoms with Gasteiger partial charge in [0.05, 0.1) is 6.61 Å². The summed E-state index contributed by atoms with van der Waals surface area (Å²) in [6.07, 6.45) is 7.68. The maximum Gasteiger partial charge on any atom is 0.194 e. The topological polar surface area (TPSA) is 67.6 Å². The Hall–Kier alpha value is -0.900. The molecule has 0 amide bonds. The number of ether oxygens (including phenoxy) is 1. The van der Waals surface area contributed by atoms with Crippen molar-refractivity contribution in [1.82, 2.24) is 25.0 Å². The van der Waals surface area contributed by atoms with Gasteiger partial charge in [-0.3, -0.25) is 0 Å². The highest BCUT2D eigenvalue weighted by molar-refractivity contribution is 14.0. The van der Waals surface area contributed by atoms with Crippen molar-refractivity contribution in [2.45, 2.75) is 65.0 Å². The highest BCUT2D eigenvalue weighted by atomic mass is 127. The largest absolute Gasteiger partial charge is 0.381 e. The number of hydrogen-bond donors (Lipinski definition) is 1. The normalized spacial score (nSPS) is 21.4. The number of likely N-dealkylation sites (tertiary alicyclic amines) is 1. The minimum absolute atomic E-state index is 0. The van der Waals surface area contributed by atoms with Crippen LogP contribution in [-0.2, 0) is 18.3 Å². The van der Waals surface area contributed by atoms with E-state index in [1.807, 2.05) is 18.5 Å². The number of aryl methyl sites for hydroxylation is 1. The number of nitrogens with one attached hydrogen (secondary N) is 1. The van der Waals surface area contributed by atoms with Gasteiger partial charge in [0.25, 0.3) is 0 Å². The SMILES string of the molecule is CCOCC1CCN(C(=NCc2nnc(C)n2C)NC2CCCCC2)C1.I. The fourth-order valence-corrected chi connectivity index (χ4v) is 3.85. The first-order chi connectivity index (χ1) is 12.7. The van der Waals surface area contributed by atoms with E-state index in [1.165, 1.54) is 38.5 Å². The summed E-state index contributed by atoms with van der Waals surface area (Å²) in [4.78, 5) is 7.33. The van der Waals surface area contributed by atoms with Crippen molar-refractivity contribution in [2.75, 3.05) is 26.3 Å². The Morgan fingerprint density at radius 1 is 1.22 bits per heavy atom. The monoisotopic (exact) mass is 490 g/mol. The zero-order chi connectivity index (χ0) is 18.4. The minimum atomic E-state index is 0. The fraction of sp³-hybridized carbons (Fsp3) is 0.842. The van der Waals surface area contributed by atoms with Crippen LogP contribution in [0.4, 0.5) is 0 Å². The van der Waals surface area contributed by atoms with E-state index in [9.17, 15) is 0 Å². The number of rotatable bonds is 6. The molecule has 2 heterocycles. The Balaban J connectivity index is 0.00000261. The van der Waals surface area contributed by atoms with Gasteiger partial charge in [-0.25, -0.2) is 4.99 Å². The second-order valence-electron chi connectivity index (χ2n) is 7.60. The van der Waals surface area contributed by atoms with Crippen LogP contribution in [0.15, 0.2) is 4.99 Å². The average Bonchev–Trinajstić information content (AvgIpc) is 3.26. The van der Waals surface area contributed by atoms with E-state index in [1.54, 1.807) is 0 Å². The summed E-state index contributed by atoms with van der Waals surface area (Å²) in [5, 5.41) is 12.2. The first kappa shape index (κ1) is 22.4. The highest BCUT2D eigenvalue weighted by Crippen LogP contribution is 2.20. The number of guanidine groups is 1. The zero-order valence-electron chi connectivity index (χ0n) is 17.0. The van der Waals surface area contributed by atoms with Gasteiger partial charge in [-0.1, -0.05) is 19.3 Å². The van der Waals surface area contributed by atoms with Crippen LogP contribution in [0.5, 0.6) is 0 Å². The lowest BCUT2D eigenvalue weighted by Gasteiger charge is -2.29. The van der Waals surface area contributed by atoms with E-state index in [2.05, 4.69) is 27.3 Å². The minimum Gasteiger partial charge on any atom is -0.381 e. The smallest absolute Gasteiger partial charge is 0.194 e. The highest BCUT2D eigenvalue weighted by Gasteiger charge is 2.27. The summed E-state index contributed by atoms with van der Waals surface area (Å²) in [5.74, 6) is 3.48. The third kappa shape index (κ3) is 6.30. The second-order valence-corrected chi connectivity index (χ2v) is 7.60. The summed E-state index contributed by atoms with van der Waals surface area (Å²) in [6, 6.07) is 0.551. The molecule has 2 aliphatic rings. The van der Waals surface area contributed by atoms with Crippen molar-refractivity contribution in [3.8, 4) is 0 Å². The molecule has 1 N–H and O–H groups in total. The third-order valence-electron chi connectivity index (χ3n) is 5.63. The van der Waals surface area contributed by atoms with Crippen LogP contribution in [-0.4, -0.2) is 58.0 Å². The predicted octanol–water partition coefficient (Wildman–Crippen LogP) is 2.88. The van der Waals surface area contributed by atoms with Gasteiger partial charge in [0, 0.05) is 38.7 Å². The molecular weight excluding hydrogens is 455 g/mol. The van der Waals surface area contributed by atoms with Gasteiger partial charge < -0.3 is 19.5 Å². The van der Waals surface area contributed by atoms with E-state index in [0.717, 1.165) is 43.9 Å². The molecule has 1 aliphatic carbocycles. The number of nitrogens with zero attached hydrogens (tertiary/aromatic N) is 5. The number of aliphatic imine (C=N–C) groups is 1. The van der Waals surface area contributed by atoms with Crippen molar-refractivity contribution in [1.29, 1.82) is 0 Å². The quantitative estimate of drug-likeness (QED) is 0.378. The van der Waals surface area contributed by atoms with E-state index in [4.69, 9.17) is 9.73 Å². The van der Waals surface area contributed by atoms with Gasteiger partial charge >= 0.3 is 0 Å². The predicted molar refractivity (Wildman–Crippen MR) is 118 cm³/mol. The lowest BCUT2D eigenvalue weighted by atomic mass is 9.96. The van der Waals surface area contributed by atoms with Crippen molar-refractivity contribution < 1.29 is 4.74 Å². The van der Waals surface area contributed by atoms with Crippen molar-refractivity contribution in [3.05, 3.63) is 11.6 Å². The molecule has 1 unspecified atom stereocenters. The van der Waals surface area contributed by atoms with Crippen molar-refractivity contribution in [2.24, 2.45) is 18.0 Å². The Kier molecular flexibility index (Phi) is 9.28. The molecule has 0 spiro atoms. The molecule has 154 valence electrons. The molecule has 1 aliphatic heterocycles. The van der Waals surface area contributed by atoms with Gasteiger partial charge in [-0.2, -0.15) is 0 Å². The number of halogens is 1. The molecule has 0 bridgehead atoms. The van der Waals surface area contributed by atoms with Gasteiger partial charge in [0.15, 0.2) is 11.8 Å². The van der Waals surface area contributed by atoms with Crippen LogP contribution in [0.25, 0.3) is 0 Å². The Bertz CT molecular complexity index is 599. The Labute approximate surface area is 180 Å². The lowest BCUT2D eigenvalue weighted by Crippen LogP contribution is -2.46. The molecule has 2 fully saturated rings. The van der Waals surface area contributed by atoms with Crippen LogP contribution < -0.4 is 5.32 Å². The summed E-state index contributed by atoms with van der Waals surface area (Å²) < 4.78 is 7.65.